The van der Waals surface area contributed by atoms with E-state index >= 15 is 0 Å². The van der Waals surface area contributed by atoms with Crippen molar-refractivity contribution in [2.45, 2.75) is 17.2 Å². The van der Waals surface area contributed by atoms with Crippen molar-refractivity contribution in [3.05, 3.63) is 94.8 Å². The maximum Gasteiger partial charge on any atom is 0.246 e. The van der Waals surface area contributed by atoms with Crippen molar-refractivity contribution in [3.8, 4) is 11.4 Å². The molecule has 0 saturated carbocycles. The number of rotatable bonds is 7. The van der Waals surface area contributed by atoms with Crippen LogP contribution >= 0.6 is 39.9 Å². The van der Waals surface area contributed by atoms with Crippen molar-refractivity contribution < 1.29 is 4.52 Å². The highest BCUT2D eigenvalue weighted by Gasteiger charge is 2.09. The summed E-state index contributed by atoms with van der Waals surface area (Å²) in [5.41, 5.74) is 3.06. The maximum atomic E-state index is 5.38. The second-order valence-corrected chi connectivity index (χ2v) is 9.00. The van der Waals surface area contributed by atoms with Crippen LogP contribution < -0.4 is 10.6 Å². The van der Waals surface area contributed by atoms with Gasteiger partial charge in [-0.25, -0.2) is 0 Å². The first-order valence-corrected chi connectivity index (χ1v) is 11.7. The summed E-state index contributed by atoms with van der Waals surface area (Å²) in [6.07, 6.45) is 0. The maximum absolute atomic E-state index is 5.38. The molecule has 0 saturated heterocycles. The molecule has 0 aliphatic carbocycles. The van der Waals surface area contributed by atoms with Gasteiger partial charge in [-0.05, 0) is 54.2 Å². The van der Waals surface area contributed by atoms with Gasteiger partial charge in [0.05, 0.1) is 6.54 Å². The van der Waals surface area contributed by atoms with Gasteiger partial charge >= 0.3 is 0 Å². The molecule has 0 amide bonds. The third-order valence-corrected chi connectivity index (χ3v) is 6.13. The van der Waals surface area contributed by atoms with E-state index in [0.717, 1.165) is 21.5 Å². The van der Waals surface area contributed by atoms with E-state index in [1.807, 2.05) is 54.2 Å². The molecule has 3 aromatic carbocycles. The van der Waals surface area contributed by atoms with Crippen molar-refractivity contribution in [1.29, 1.82) is 0 Å². The van der Waals surface area contributed by atoms with Crippen molar-refractivity contribution in [2.75, 3.05) is 5.32 Å². The Morgan fingerprint density at radius 3 is 2.58 bits per heavy atom. The zero-order valence-corrected chi connectivity index (χ0v) is 19.6. The first kappa shape index (κ1) is 21.5. The SMILES string of the molecule is S=C(NCc1nc(-c2cccc(Br)c2)no1)Nc1ccc(CSc2ccccc2)cc1. The third kappa shape index (κ3) is 6.40. The Morgan fingerprint density at radius 2 is 1.81 bits per heavy atom. The third-order valence-electron chi connectivity index (χ3n) is 4.31. The lowest BCUT2D eigenvalue weighted by Crippen LogP contribution is -2.28. The average Bonchev–Trinajstić information content (AvgIpc) is 3.27. The average molecular weight is 511 g/mol. The fourth-order valence-corrected chi connectivity index (χ4v) is 4.23. The van der Waals surface area contributed by atoms with Crippen LogP contribution in [0.3, 0.4) is 0 Å². The fourth-order valence-electron chi connectivity index (χ4n) is 2.77. The van der Waals surface area contributed by atoms with E-state index in [1.165, 1.54) is 10.5 Å². The number of halogens is 1. The van der Waals surface area contributed by atoms with E-state index in [4.69, 9.17) is 16.7 Å². The van der Waals surface area contributed by atoms with Gasteiger partial charge in [-0.3, -0.25) is 0 Å². The van der Waals surface area contributed by atoms with Crippen LogP contribution in [0, 0.1) is 0 Å². The highest BCUT2D eigenvalue weighted by molar-refractivity contribution is 9.10. The van der Waals surface area contributed by atoms with Gasteiger partial charge in [0.15, 0.2) is 5.11 Å². The molecule has 4 rings (SSSR count). The van der Waals surface area contributed by atoms with Gasteiger partial charge in [0.1, 0.15) is 0 Å². The van der Waals surface area contributed by atoms with Crippen LogP contribution in [-0.4, -0.2) is 15.3 Å². The summed E-state index contributed by atoms with van der Waals surface area (Å²) >= 11 is 10.6. The number of aromatic nitrogens is 2. The van der Waals surface area contributed by atoms with E-state index in [0.29, 0.717) is 23.4 Å². The van der Waals surface area contributed by atoms with Crippen LogP contribution in [0.1, 0.15) is 11.5 Å². The van der Waals surface area contributed by atoms with Crippen molar-refractivity contribution in [3.63, 3.8) is 0 Å². The Bertz CT molecular complexity index is 1150. The standard InChI is InChI=1S/C23H19BrN4OS2/c24-18-6-4-5-17(13-18)22-27-21(29-28-22)14-25-23(30)26-19-11-9-16(10-12-19)15-31-20-7-2-1-3-8-20/h1-13H,14-15H2,(H2,25,26,30). The highest BCUT2D eigenvalue weighted by Crippen LogP contribution is 2.23. The summed E-state index contributed by atoms with van der Waals surface area (Å²) in [4.78, 5) is 5.67. The molecule has 5 nitrogen and oxygen atoms in total. The number of hydrogen-bond acceptors (Lipinski definition) is 5. The molecule has 0 spiro atoms. The Labute approximate surface area is 198 Å². The normalized spacial score (nSPS) is 10.6. The molecule has 0 aliphatic heterocycles. The molecule has 0 atom stereocenters. The zero-order valence-electron chi connectivity index (χ0n) is 16.4. The molecule has 8 heteroatoms. The topological polar surface area (TPSA) is 63.0 Å². The first-order valence-electron chi connectivity index (χ1n) is 9.56. The van der Waals surface area contributed by atoms with Crippen molar-refractivity contribution >= 4 is 50.7 Å². The number of thiocarbonyl (C=S) groups is 1. The molecular weight excluding hydrogens is 492 g/mol. The number of benzene rings is 3. The predicted molar refractivity (Wildman–Crippen MR) is 133 cm³/mol. The lowest BCUT2D eigenvalue weighted by molar-refractivity contribution is 0.376. The van der Waals surface area contributed by atoms with E-state index in [1.54, 1.807) is 0 Å². The van der Waals surface area contributed by atoms with Gasteiger partial charge in [-0.15, -0.1) is 11.8 Å². The summed E-state index contributed by atoms with van der Waals surface area (Å²) in [6, 6.07) is 26.4. The van der Waals surface area contributed by atoms with Crippen molar-refractivity contribution in [1.82, 2.24) is 15.5 Å². The Morgan fingerprint density at radius 1 is 1.00 bits per heavy atom. The lowest BCUT2D eigenvalue weighted by atomic mass is 10.2. The van der Waals surface area contributed by atoms with E-state index in [2.05, 4.69) is 73.1 Å². The molecule has 0 radical (unpaired) electrons. The van der Waals surface area contributed by atoms with Gasteiger partial charge in [0.25, 0.3) is 0 Å². The molecule has 1 heterocycles. The molecule has 2 N–H and O–H groups in total. The lowest BCUT2D eigenvalue weighted by Gasteiger charge is -2.09. The molecule has 31 heavy (non-hydrogen) atoms. The van der Waals surface area contributed by atoms with Gasteiger partial charge in [-0.2, -0.15) is 4.98 Å². The summed E-state index contributed by atoms with van der Waals surface area (Å²) in [7, 11) is 0. The van der Waals surface area contributed by atoms with Crippen LogP contribution in [0.2, 0.25) is 0 Å². The van der Waals surface area contributed by atoms with Crippen LogP contribution in [0.4, 0.5) is 5.69 Å². The molecule has 0 bridgehead atoms. The zero-order chi connectivity index (χ0) is 21.5. The molecule has 4 aromatic rings. The van der Waals surface area contributed by atoms with E-state index < -0.39 is 0 Å². The predicted octanol–water partition coefficient (Wildman–Crippen LogP) is 6.28. The van der Waals surface area contributed by atoms with Crippen molar-refractivity contribution in [2.24, 2.45) is 0 Å². The molecule has 1 aromatic heterocycles. The van der Waals surface area contributed by atoms with Gasteiger partial charge in [0.2, 0.25) is 11.7 Å². The quantitative estimate of drug-likeness (QED) is 0.224. The van der Waals surface area contributed by atoms with Gasteiger partial charge in [-0.1, -0.05) is 63.6 Å². The summed E-state index contributed by atoms with van der Waals surface area (Å²) < 4.78 is 6.27. The Kier molecular flexibility index (Phi) is 7.35. The highest BCUT2D eigenvalue weighted by atomic mass is 79.9. The van der Waals surface area contributed by atoms with Crippen LogP contribution in [0.5, 0.6) is 0 Å². The Balaban J connectivity index is 1.25. The number of thioether (sulfide) groups is 1. The minimum atomic E-state index is 0.346. The molecular formula is C23H19BrN4OS2. The summed E-state index contributed by atoms with van der Waals surface area (Å²) in [5, 5.41) is 10.8. The van der Waals surface area contributed by atoms with Crippen LogP contribution in [0.15, 0.2) is 92.8 Å². The van der Waals surface area contributed by atoms with Gasteiger partial charge in [0, 0.05) is 26.4 Å². The van der Waals surface area contributed by atoms with E-state index in [-0.39, 0.29) is 0 Å². The summed E-state index contributed by atoms with van der Waals surface area (Å²) in [6.45, 7) is 0.346. The molecule has 0 aliphatic rings. The van der Waals surface area contributed by atoms with E-state index in [9.17, 15) is 0 Å². The smallest absolute Gasteiger partial charge is 0.246 e. The molecule has 0 unspecified atom stereocenters. The van der Waals surface area contributed by atoms with Crippen LogP contribution in [-0.2, 0) is 12.3 Å². The Hall–Kier alpha value is -2.68. The number of hydrogen-bond donors (Lipinski definition) is 2. The monoisotopic (exact) mass is 510 g/mol. The van der Waals surface area contributed by atoms with Gasteiger partial charge < -0.3 is 15.2 Å². The molecule has 156 valence electrons. The largest absolute Gasteiger partial charge is 0.353 e. The fraction of sp³-hybridized carbons (Fsp3) is 0.0870. The van der Waals surface area contributed by atoms with Crippen LogP contribution in [0.25, 0.3) is 11.4 Å². The number of anilines is 1. The second kappa shape index (κ2) is 10.6. The number of nitrogens with zero attached hydrogens (tertiary/aromatic N) is 2. The minimum absolute atomic E-state index is 0.346. The summed E-state index contributed by atoms with van der Waals surface area (Å²) in [5.74, 6) is 1.93. The number of nitrogens with one attached hydrogen (secondary N) is 2. The minimum Gasteiger partial charge on any atom is -0.353 e. The molecule has 0 fully saturated rings. The second-order valence-electron chi connectivity index (χ2n) is 6.63. The first-order chi connectivity index (χ1) is 15.2.